The molecular weight excluding hydrogens is 269 g/mol. The summed E-state index contributed by atoms with van der Waals surface area (Å²) in [4.78, 5) is 0. The summed E-state index contributed by atoms with van der Waals surface area (Å²) in [6.07, 6.45) is 1.75. The highest BCUT2D eigenvalue weighted by Crippen LogP contribution is 2.17. The van der Waals surface area contributed by atoms with Crippen molar-refractivity contribution in [3.05, 3.63) is 59.3 Å². The topological polar surface area (TPSA) is 39.4 Å². The van der Waals surface area contributed by atoms with Gasteiger partial charge in [0.05, 0.1) is 0 Å². The quantitative estimate of drug-likeness (QED) is 0.738. The highest BCUT2D eigenvalue weighted by atomic mass is 35.5. The monoisotopic (exact) mass is 277 g/mol. The molecule has 0 amide bonds. The fourth-order valence-corrected chi connectivity index (χ4v) is 1.87. The second-order valence-electron chi connectivity index (χ2n) is 3.91. The molecule has 0 atom stereocenters. The van der Waals surface area contributed by atoms with Gasteiger partial charge < -0.3 is 4.74 Å². The second-order valence-corrected chi connectivity index (χ2v) is 4.34. The molecule has 3 rings (SSSR count). The van der Waals surface area contributed by atoms with Gasteiger partial charge in [-0.3, -0.25) is 4.40 Å². The van der Waals surface area contributed by atoms with E-state index in [0.717, 1.165) is 0 Å². The lowest BCUT2D eigenvalue weighted by Crippen LogP contribution is -2.02. The molecular formula is C13H9ClFN3O. The minimum Gasteiger partial charge on any atom is -0.483 e. The van der Waals surface area contributed by atoms with Crippen molar-refractivity contribution in [2.45, 2.75) is 6.61 Å². The van der Waals surface area contributed by atoms with Crippen molar-refractivity contribution in [1.82, 2.24) is 14.6 Å². The molecule has 0 fully saturated rings. The van der Waals surface area contributed by atoms with Gasteiger partial charge in [0.15, 0.2) is 23.0 Å². The maximum atomic E-state index is 13.4. The van der Waals surface area contributed by atoms with Gasteiger partial charge in [-0.25, -0.2) is 4.39 Å². The summed E-state index contributed by atoms with van der Waals surface area (Å²) in [5.41, 5.74) is 0.625. The van der Waals surface area contributed by atoms with Gasteiger partial charge in [-0.05, 0) is 18.2 Å². The molecule has 0 spiro atoms. The summed E-state index contributed by atoms with van der Waals surface area (Å²) in [6, 6.07) is 9.65. The van der Waals surface area contributed by atoms with E-state index in [1.165, 1.54) is 6.07 Å². The lowest BCUT2D eigenvalue weighted by molar-refractivity contribution is 0.280. The van der Waals surface area contributed by atoms with Crippen LogP contribution >= 0.6 is 11.6 Å². The van der Waals surface area contributed by atoms with Crippen LogP contribution < -0.4 is 4.74 Å². The fraction of sp³-hybridized carbons (Fsp3) is 0.0769. The van der Waals surface area contributed by atoms with Crippen LogP contribution in [0.5, 0.6) is 5.75 Å². The van der Waals surface area contributed by atoms with Crippen LogP contribution in [0.15, 0.2) is 42.6 Å². The zero-order valence-electron chi connectivity index (χ0n) is 9.75. The Hall–Kier alpha value is -2.14. The van der Waals surface area contributed by atoms with Gasteiger partial charge in [0.25, 0.3) is 0 Å². The smallest absolute Gasteiger partial charge is 0.175 e. The second kappa shape index (κ2) is 4.85. The molecule has 19 heavy (non-hydrogen) atoms. The summed E-state index contributed by atoms with van der Waals surface area (Å²) in [7, 11) is 0. The average Bonchev–Trinajstić information content (AvgIpc) is 2.80. The predicted octanol–water partition coefficient (Wildman–Crippen LogP) is 3.10. The summed E-state index contributed by atoms with van der Waals surface area (Å²) >= 11 is 5.86. The average molecular weight is 278 g/mol. The number of halogens is 2. The minimum atomic E-state index is -0.403. The molecule has 0 N–H and O–H groups in total. The third kappa shape index (κ3) is 2.37. The summed E-state index contributed by atoms with van der Waals surface area (Å²) in [5.74, 6) is 0.363. The van der Waals surface area contributed by atoms with Gasteiger partial charge in [-0.15, -0.1) is 10.2 Å². The number of hydrogen-bond donors (Lipinski definition) is 0. The molecule has 0 unspecified atom stereocenters. The highest BCUT2D eigenvalue weighted by Gasteiger charge is 2.08. The van der Waals surface area contributed by atoms with Crippen molar-refractivity contribution in [2.75, 3.05) is 0 Å². The normalized spacial score (nSPS) is 10.8. The van der Waals surface area contributed by atoms with E-state index in [4.69, 9.17) is 16.3 Å². The number of benzene rings is 1. The van der Waals surface area contributed by atoms with Gasteiger partial charge >= 0.3 is 0 Å². The Morgan fingerprint density at radius 2 is 2.05 bits per heavy atom. The Morgan fingerprint density at radius 1 is 1.21 bits per heavy atom. The molecule has 0 saturated carbocycles. The first kappa shape index (κ1) is 11.9. The third-order valence-corrected chi connectivity index (χ3v) is 2.87. The number of nitrogens with zero attached hydrogens (tertiary/aromatic N) is 3. The van der Waals surface area contributed by atoms with E-state index in [1.807, 2.05) is 0 Å². The molecule has 6 heteroatoms. The summed E-state index contributed by atoms with van der Waals surface area (Å²) in [5, 5.41) is 8.54. The van der Waals surface area contributed by atoms with E-state index < -0.39 is 5.82 Å². The van der Waals surface area contributed by atoms with Crippen LogP contribution in [0.4, 0.5) is 4.39 Å². The van der Waals surface area contributed by atoms with Crippen molar-refractivity contribution in [2.24, 2.45) is 0 Å². The van der Waals surface area contributed by atoms with E-state index in [2.05, 4.69) is 10.2 Å². The molecule has 2 aromatic heterocycles. The zero-order valence-corrected chi connectivity index (χ0v) is 10.5. The van der Waals surface area contributed by atoms with E-state index in [0.29, 0.717) is 16.5 Å². The SMILES string of the molecule is Fc1ccccc1OCc1nnc2cc(Cl)ccn12. The number of pyridine rings is 1. The summed E-state index contributed by atoms with van der Waals surface area (Å²) in [6.45, 7) is 0.129. The molecule has 0 saturated heterocycles. The summed E-state index contributed by atoms with van der Waals surface area (Å²) < 4.78 is 20.5. The van der Waals surface area contributed by atoms with Crippen LogP contribution in [0, 0.1) is 5.82 Å². The lowest BCUT2D eigenvalue weighted by Gasteiger charge is -2.05. The largest absolute Gasteiger partial charge is 0.483 e. The van der Waals surface area contributed by atoms with Crippen molar-refractivity contribution in [3.63, 3.8) is 0 Å². The van der Waals surface area contributed by atoms with Crippen molar-refractivity contribution >= 4 is 17.2 Å². The van der Waals surface area contributed by atoms with E-state index in [9.17, 15) is 4.39 Å². The molecule has 4 nitrogen and oxygen atoms in total. The van der Waals surface area contributed by atoms with Gasteiger partial charge in [0, 0.05) is 17.3 Å². The fourth-order valence-electron chi connectivity index (χ4n) is 1.72. The Morgan fingerprint density at radius 3 is 2.89 bits per heavy atom. The predicted molar refractivity (Wildman–Crippen MR) is 68.7 cm³/mol. The Bertz CT molecular complexity index is 729. The van der Waals surface area contributed by atoms with Crippen LogP contribution in [-0.4, -0.2) is 14.6 Å². The number of hydrogen-bond acceptors (Lipinski definition) is 3. The molecule has 96 valence electrons. The molecule has 3 aromatic rings. The van der Waals surface area contributed by atoms with Crippen molar-refractivity contribution < 1.29 is 9.13 Å². The number of aromatic nitrogens is 3. The van der Waals surface area contributed by atoms with Crippen molar-refractivity contribution in [3.8, 4) is 5.75 Å². The van der Waals surface area contributed by atoms with Crippen LogP contribution in [-0.2, 0) is 6.61 Å². The van der Waals surface area contributed by atoms with E-state index >= 15 is 0 Å². The number of rotatable bonds is 3. The number of fused-ring (bicyclic) bond motifs is 1. The Balaban J connectivity index is 1.84. The number of ether oxygens (including phenoxy) is 1. The first-order valence-electron chi connectivity index (χ1n) is 5.60. The van der Waals surface area contributed by atoms with Crippen LogP contribution in [0.2, 0.25) is 5.02 Å². The lowest BCUT2D eigenvalue weighted by atomic mass is 10.3. The van der Waals surface area contributed by atoms with E-state index in [1.54, 1.807) is 40.9 Å². The molecule has 0 aliphatic rings. The Labute approximate surface area is 113 Å². The maximum absolute atomic E-state index is 13.4. The third-order valence-electron chi connectivity index (χ3n) is 2.64. The first-order chi connectivity index (χ1) is 9.24. The van der Waals surface area contributed by atoms with Gasteiger partial charge in [0.2, 0.25) is 0 Å². The zero-order chi connectivity index (χ0) is 13.2. The van der Waals surface area contributed by atoms with Crippen molar-refractivity contribution in [1.29, 1.82) is 0 Å². The molecule has 0 aliphatic heterocycles. The standard InChI is InChI=1S/C13H9ClFN3O/c14-9-5-6-18-12(7-9)16-17-13(18)8-19-11-4-2-1-3-10(11)15/h1-7H,8H2. The first-order valence-corrected chi connectivity index (χ1v) is 5.98. The molecule has 0 radical (unpaired) electrons. The van der Waals surface area contributed by atoms with Crippen LogP contribution in [0.3, 0.4) is 0 Å². The van der Waals surface area contributed by atoms with E-state index in [-0.39, 0.29) is 12.4 Å². The highest BCUT2D eigenvalue weighted by molar-refractivity contribution is 6.30. The maximum Gasteiger partial charge on any atom is 0.175 e. The van der Waals surface area contributed by atoms with Gasteiger partial charge in [-0.1, -0.05) is 23.7 Å². The molecule has 0 aliphatic carbocycles. The molecule has 0 bridgehead atoms. The van der Waals surface area contributed by atoms with Crippen LogP contribution in [0.25, 0.3) is 5.65 Å². The molecule has 1 aromatic carbocycles. The van der Waals surface area contributed by atoms with Crippen LogP contribution in [0.1, 0.15) is 5.82 Å². The molecule has 2 heterocycles. The Kier molecular flexibility index (Phi) is 3.05. The van der Waals surface area contributed by atoms with Gasteiger partial charge in [0.1, 0.15) is 6.61 Å². The number of para-hydroxylation sites is 1. The minimum absolute atomic E-state index is 0.129. The van der Waals surface area contributed by atoms with Gasteiger partial charge in [-0.2, -0.15) is 0 Å².